The van der Waals surface area contributed by atoms with Gasteiger partial charge in [-0.05, 0) is 13.3 Å². The van der Waals surface area contributed by atoms with Crippen LogP contribution in [0.25, 0.3) is 0 Å². The van der Waals surface area contributed by atoms with E-state index in [4.69, 9.17) is 0 Å². The van der Waals surface area contributed by atoms with Crippen LogP contribution in [0, 0.1) is 6.92 Å². The van der Waals surface area contributed by atoms with Crippen LogP contribution in [0.4, 0.5) is 11.6 Å². The number of aryl methyl sites for hydroxylation is 1. The molecule has 5 nitrogen and oxygen atoms in total. The molecule has 0 amide bonds. The SMILES string of the molecule is CCc1c(NC)ncnc1NCCc1nc(C)cs1. The number of nitrogens with zero attached hydrogens (tertiary/aromatic N) is 3. The van der Waals surface area contributed by atoms with Crippen molar-refractivity contribution in [3.8, 4) is 0 Å². The van der Waals surface area contributed by atoms with Crippen molar-refractivity contribution in [2.45, 2.75) is 26.7 Å². The topological polar surface area (TPSA) is 62.7 Å². The maximum atomic E-state index is 4.45. The van der Waals surface area contributed by atoms with Gasteiger partial charge >= 0.3 is 0 Å². The number of nitrogens with one attached hydrogen (secondary N) is 2. The number of rotatable bonds is 6. The molecule has 0 fully saturated rings. The van der Waals surface area contributed by atoms with Crippen molar-refractivity contribution < 1.29 is 0 Å². The third kappa shape index (κ3) is 3.41. The molecular weight excluding hydrogens is 258 g/mol. The molecular formula is C13H19N5S. The number of hydrogen-bond acceptors (Lipinski definition) is 6. The van der Waals surface area contributed by atoms with E-state index in [1.54, 1.807) is 17.7 Å². The van der Waals surface area contributed by atoms with E-state index in [0.29, 0.717) is 0 Å². The summed E-state index contributed by atoms with van der Waals surface area (Å²) in [7, 11) is 1.88. The molecule has 19 heavy (non-hydrogen) atoms. The van der Waals surface area contributed by atoms with Crippen LogP contribution < -0.4 is 10.6 Å². The Labute approximate surface area is 117 Å². The Balaban J connectivity index is 1.99. The van der Waals surface area contributed by atoms with E-state index in [1.807, 2.05) is 14.0 Å². The quantitative estimate of drug-likeness (QED) is 0.849. The molecule has 2 aromatic rings. The molecule has 0 radical (unpaired) electrons. The van der Waals surface area contributed by atoms with Crippen molar-refractivity contribution in [1.82, 2.24) is 15.0 Å². The number of aromatic nitrogens is 3. The lowest BCUT2D eigenvalue weighted by molar-refractivity contribution is 0.957. The average Bonchev–Trinajstić information content (AvgIpc) is 2.84. The van der Waals surface area contributed by atoms with Gasteiger partial charge in [0.05, 0.1) is 5.01 Å². The second-order valence-electron chi connectivity index (χ2n) is 4.21. The van der Waals surface area contributed by atoms with Crippen molar-refractivity contribution in [2.24, 2.45) is 0 Å². The summed E-state index contributed by atoms with van der Waals surface area (Å²) in [5.74, 6) is 1.81. The summed E-state index contributed by atoms with van der Waals surface area (Å²) in [6.07, 6.45) is 3.40. The first-order chi connectivity index (χ1) is 9.24. The molecule has 2 aromatic heterocycles. The van der Waals surface area contributed by atoms with Gasteiger partial charge < -0.3 is 10.6 Å². The van der Waals surface area contributed by atoms with E-state index in [0.717, 1.165) is 47.3 Å². The molecule has 0 bridgehead atoms. The first-order valence-electron chi connectivity index (χ1n) is 6.41. The Kier molecular flexibility index (Phi) is 4.68. The van der Waals surface area contributed by atoms with Crippen molar-refractivity contribution in [2.75, 3.05) is 24.2 Å². The molecule has 0 unspecified atom stereocenters. The van der Waals surface area contributed by atoms with Crippen LogP contribution in [0.5, 0.6) is 0 Å². The van der Waals surface area contributed by atoms with Gasteiger partial charge in [0, 0.05) is 36.7 Å². The zero-order chi connectivity index (χ0) is 13.7. The molecule has 0 aliphatic rings. The highest BCUT2D eigenvalue weighted by Crippen LogP contribution is 2.20. The summed E-state index contributed by atoms with van der Waals surface area (Å²) in [5, 5.41) is 9.71. The van der Waals surface area contributed by atoms with Gasteiger partial charge in [0.25, 0.3) is 0 Å². The normalized spacial score (nSPS) is 10.5. The molecule has 2 heterocycles. The molecule has 0 aliphatic heterocycles. The average molecular weight is 277 g/mol. The first-order valence-corrected chi connectivity index (χ1v) is 7.29. The lowest BCUT2D eigenvalue weighted by Crippen LogP contribution is -2.10. The van der Waals surface area contributed by atoms with Crippen molar-refractivity contribution in [3.05, 3.63) is 28.0 Å². The largest absolute Gasteiger partial charge is 0.373 e. The third-order valence-electron chi connectivity index (χ3n) is 2.83. The second kappa shape index (κ2) is 6.47. The molecule has 6 heteroatoms. The highest BCUT2D eigenvalue weighted by atomic mass is 32.1. The number of anilines is 2. The highest BCUT2D eigenvalue weighted by Gasteiger charge is 2.08. The molecule has 102 valence electrons. The van der Waals surface area contributed by atoms with Crippen LogP contribution in [-0.2, 0) is 12.8 Å². The fourth-order valence-corrected chi connectivity index (χ4v) is 2.70. The molecule has 0 saturated carbocycles. The molecule has 0 aromatic carbocycles. The van der Waals surface area contributed by atoms with Gasteiger partial charge in [-0.1, -0.05) is 6.92 Å². The maximum absolute atomic E-state index is 4.45. The lowest BCUT2D eigenvalue weighted by Gasteiger charge is -2.12. The fourth-order valence-electron chi connectivity index (χ4n) is 1.92. The first kappa shape index (κ1) is 13.7. The van der Waals surface area contributed by atoms with Crippen molar-refractivity contribution >= 4 is 23.0 Å². The molecule has 0 aliphatic carbocycles. The van der Waals surface area contributed by atoms with Crippen LogP contribution in [0.3, 0.4) is 0 Å². The Morgan fingerprint density at radius 2 is 2.05 bits per heavy atom. The van der Waals surface area contributed by atoms with Gasteiger partial charge in [0.2, 0.25) is 0 Å². The van der Waals surface area contributed by atoms with E-state index >= 15 is 0 Å². The van der Waals surface area contributed by atoms with Crippen LogP contribution in [-0.4, -0.2) is 28.5 Å². The maximum Gasteiger partial charge on any atom is 0.134 e. The van der Waals surface area contributed by atoms with Crippen molar-refractivity contribution in [1.29, 1.82) is 0 Å². The van der Waals surface area contributed by atoms with E-state index in [1.165, 1.54) is 0 Å². The zero-order valence-corrected chi connectivity index (χ0v) is 12.3. The fraction of sp³-hybridized carbons (Fsp3) is 0.462. The minimum absolute atomic E-state index is 0.833. The minimum atomic E-state index is 0.833. The van der Waals surface area contributed by atoms with Crippen molar-refractivity contribution in [3.63, 3.8) is 0 Å². The monoisotopic (exact) mass is 277 g/mol. The van der Waals surface area contributed by atoms with Crippen LogP contribution in [0.2, 0.25) is 0 Å². The standard InChI is InChI=1S/C13H19N5S/c1-4-10-12(14-3)16-8-17-13(10)15-6-5-11-18-9(2)7-19-11/h7-8H,4-6H2,1-3H3,(H2,14,15,16,17). The number of thiazole rings is 1. The summed E-state index contributed by atoms with van der Waals surface area (Å²) in [6, 6.07) is 0. The van der Waals surface area contributed by atoms with E-state index < -0.39 is 0 Å². The Hall–Kier alpha value is -1.69. The Bertz CT molecular complexity index is 538. The summed E-state index contributed by atoms with van der Waals surface area (Å²) in [6.45, 7) is 4.96. The lowest BCUT2D eigenvalue weighted by atomic mass is 10.2. The number of hydrogen-bond donors (Lipinski definition) is 2. The Morgan fingerprint density at radius 1 is 1.26 bits per heavy atom. The summed E-state index contributed by atoms with van der Waals surface area (Å²) in [4.78, 5) is 13.0. The molecule has 2 N–H and O–H groups in total. The zero-order valence-electron chi connectivity index (χ0n) is 11.5. The van der Waals surface area contributed by atoms with Gasteiger partial charge in [0.1, 0.15) is 18.0 Å². The molecule has 2 rings (SSSR count). The predicted molar refractivity (Wildman–Crippen MR) is 80.0 cm³/mol. The smallest absolute Gasteiger partial charge is 0.134 e. The van der Waals surface area contributed by atoms with Gasteiger partial charge in [-0.3, -0.25) is 0 Å². The van der Waals surface area contributed by atoms with Crippen LogP contribution in [0.1, 0.15) is 23.2 Å². The van der Waals surface area contributed by atoms with Gasteiger partial charge in [0.15, 0.2) is 0 Å². The van der Waals surface area contributed by atoms with Gasteiger partial charge in [-0.15, -0.1) is 11.3 Å². The predicted octanol–water partition coefficient (Wildman–Crippen LogP) is 2.50. The Morgan fingerprint density at radius 3 is 2.68 bits per heavy atom. The highest BCUT2D eigenvalue weighted by molar-refractivity contribution is 7.09. The third-order valence-corrected chi connectivity index (χ3v) is 3.86. The second-order valence-corrected chi connectivity index (χ2v) is 5.16. The summed E-state index contributed by atoms with van der Waals surface area (Å²) in [5.41, 5.74) is 2.22. The molecule has 0 saturated heterocycles. The molecule has 0 atom stereocenters. The minimum Gasteiger partial charge on any atom is -0.373 e. The van der Waals surface area contributed by atoms with Gasteiger partial charge in [-0.2, -0.15) is 0 Å². The summed E-state index contributed by atoms with van der Waals surface area (Å²) >= 11 is 1.71. The van der Waals surface area contributed by atoms with Gasteiger partial charge in [-0.25, -0.2) is 15.0 Å². The van der Waals surface area contributed by atoms with E-state index in [-0.39, 0.29) is 0 Å². The van der Waals surface area contributed by atoms with Crippen LogP contribution >= 0.6 is 11.3 Å². The summed E-state index contributed by atoms with van der Waals surface area (Å²) < 4.78 is 0. The van der Waals surface area contributed by atoms with E-state index in [2.05, 4.69) is 37.9 Å². The van der Waals surface area contributed by atoms with E-state index in [9.17, 15) is 0 Å². The molecule has 0 spiro atoms. The van der Waals surface area contributed by atoms with Crippen LogP contribution in [0.15, 0.2) is 11.7 Å².